The summed E-state index contributed by atoms with van der Waals surface area (Å²) in [4.78, 5) is 0. The number of hydrogen-bond acceptors (Lipinski definition) is 0. The van der Waals surface area contributed by atoms with Crippen molar-refractivity contribution in [3.8, 4) is 0 Å². The van der Waals surface area contributed by atoms with Crippen molar-refractivity contribution in [1.82, 2.24) is 0 Å². The zero-order valence-corrected chi connectivity index (χ0v) is 9.75. The molecular formula is C12H13F5. The smallest absolute Gasteiger partial charge is 0.200 e. The lowest BCUT2D eigenvalue weighted by Gasteiger charge is -2.21. The van der Waals surface area contributed by atoms with Crippen LogP contribution in [0, 0.1) is 35.0 Å². The van der Waals surface area contributed by atoms with Crippen LogP contribution < -0.4 is 0 Å². The van der Waals surface area contributed by atoms with Crippen molar-refractivity contribution in [3.05, 3.63) is 34.6 Å². The Morgan fingerprint density at radius 3 is 1.41 bits per heavy atom. The zero-order valence-electron chi connectivity index (χ0n) is 9.75. The van der Waals surface area contributed by atoms with Crippen molar-refractivity contribution in [1.29, 1.82) is 0 Å². The van der Waals surface area contributed by atoms with Gasteiger partial charge in [-0.05, 0) is 18.3 Å². The summed E-state index contributed by atoms with van der Waals surface area (Å²) in [6.45, 7) is 4.99. The fourth-order valence-corrected chi connectivity index (χ4v) is 1.96. The van der Waals surface area contributed by atoms with Crippen LogP contribution in [0.5, 0.6) is 0 Å². The van der Waals surface area contributed by atoms with Crippen molar-refractivity contribution >= 4 is 0 Å². The summed E-state index contributed by atoms with van der Waals surface area (Å²) in [5.74, 6) is -10.2. The Balaban J connectivity index is 3.53. The second-order valence-corrected chi connectivity index (χ2v) is 4.24. The lowest BCUT2D eigenvalue weighted by Crippen LogP contribution is -2.15. The summed E-state index contributed by atoms with van der Waals surface area (Å²) in [5.41, 5.74) is -0.709. The van der Waals surface area contributed by atoms with Gasteiger partial charge >= 0.3 is 0 Å². The van der Waals surface area contributed by atoms with Gasteiger partial charge in [0.25, 0.3) is 0 Å². The maximum Gasteiger partial charge on any atom is 0.200 e. The molecule has 0 N–H and O–H groups in total. The molecule has 1 atom stereocenters. The average Bonchev–Trinajstić information content (AvgIpc) is 2.29. The van der Waals surface area contributed by atoms with Crippen LogP contribution in [-0.4, -0.2) is 0 Å². The summed E-state index contributed by atoms with van der Waals surface area (Å²) in [5, 5.41) is 0. The lowest BCUT2D eigenvalue weighted by atomic mass is 9.85. The molecule has 0 aliphatic carbocycles. The zero-order chi connectivity index (χ0) is 13.3. The van der Waals surface area contributed by atoms with Crippen molar-refractivity contribution in [3.63, 3.8) is 0 Å². The van der Waals surface area contributed by atoms with Crippen LogP contribution in [0.3, 0.4) is 0 Å². The van der Waals surface area contributed by atoms with Crippen LogP contribution in [0.4, 0.5) is 22.0 Å². The minimum Gasteiger partial charge on any atom is -0.203 e. The first-order chi connectivity index (χ1) is 7.82. The molecule has 0 amide bonds. The van der Waals surface area contributed by atoms with Crippen LogP contribution in [0.1, 0.15) is 38.7 Å². The quantitative estimate of drug-likeness (QED) is 0.421. The highest BCUT2D eigenvalue weighted by atomic mass is 19.2. The minimum absolute atomic E-state index is 0.215. The molecule has 0 heterocycles. The molecular weight excluding hydrogens is 239 g/mol. The van der Waals surface area contributed by atoms with Gasteiger partial charge in [0.15, 0.2) is 23.3 Å². The Kier molecular flexibility index (Phi) is 4.11. The van der Waals surface area contributed by atoms with Crippen molar-refractivity contribution in [2.24, 2.45) is 5.92 Å². The predicted molar refractivity (Wildman–Crippen MR) is 54.1 cm³/mol. The summed E-state index contributed by atoms with van der Waals surface area (Å²) in [6.07, 6.45) is 0.302. The lowest BCUT2D eigenvalue weighted by molar-refractivity contribution is 0.349. The first kappa shape index (κ1) is 13.9. The van der Waals surface area contributed by atoms with Crippen LogP contribution in [0.2, 0.25) is 0 Å². The van der Waals surface area contributed by atoms with Crippen LogP contribution in [-0.2, 0) is 0 Å². The van der Waals surface area contributed by atoms with Crippen LogP contribution in [0.15, 0.2) is 0 Å². The van der Waals surface area contributed by atoms with Crippen molar-refractivity contribution < 1.29 is 22.0 Å². The maximum atomic E-state index is 13.5. The number of benzene rings is 1. The molecule has 0 radical (unpaired) electrons. The molecule has 96 valence electrons. The number of halogens is 5. The molecule has 1 aromatic carbocycles. The monoisotopic (exact) mass is 252 g/mol. The largest absolute Gasteiger partial charge is 0.203 e. The van der Waals surface area contributed by atoms with E-state index in [1.165, 1.54) is 0 Å². The normalized spacial score (nSPS) is 13.2. The third-order valence-electron chi connectivity index (χ3n) is 2.86. The molecule has 1 aromatic rings. The van der Waals surface area contributed by atoms with Gasteiger partial charge in [-0.15, -0.1) is 0 Å². The molecule has 0 aliphatic heterocycles. The minimum atomic E-state index is -2.11. The third kappa shape index (κ3) is 2.28. The van der Waals surface area contributed by atoms with E-state index < -0.39 is 40.6 Å². The maximum absolute atomic E-state index is 13.5. The Hall–Kier alpha value is -1.13. The average molecular weight is 252 g/mol. The number of hydrogen-bond donors (Lipinski definition) is 0. The molecule has 0 spiro atoms. The van der Waals surface area contributed by atoms with E-state index in [4.69, 9.17) is 0 Å². The molecule has 0 saturated heterocycles. The molecule has 0 saturated carbocycles. The van der Waals surface area contributed by atoms with E-state index in [0.29, 0.717) is 6.42 Å². The van der Waals surface area contributed by atoms with Gasteiger partial charge < -0.3 is 0 Å². The highest BCUT2D eigenvalue weighted by Crippen LogP contribution is 2.34. The Bertz CT molecular complexity index is 396. The second-order valence-electron chi connectivity index (χ2n) is 4.24. The van der Waals surface area contributed by atoms with Gasteiger partial charge in [-0.3, -0.25) is 0 Å². The molecule has 17 heavy (non-hydrogen) atoms. The molecule has 0 fully saturated rings. The van der Waals surface area contributed by atoms with E-state index in [9.17, 15) is 22.0 Å². The number of rotatable bonds is 3. The highest BCUT2D eigenvalue weighted by Gasteiger charge is 2.30. The summed E-state index contributed by atoms with van der Waals surface area (Å²) >= 11 is 0. The van der Waals surface area contributed by atoms with Gasteiger partial charge in [-0.25, -0.2) is 22.0 Å². The van der Waals surface area contributed by atoms with Crippen LogP contribution >= 0.6 is 0 Å². The summed E-state index contributed by atoms with van der Waals surface area (Å²) < 4.78 is 65.8. The standard InChI is InChI=1S/C12H13F5/c1-4-6(5(2)3)7-8(13)10(15)12(17)11(16)9(7)14/h5-6H,4H2,1-3H3. The van der Waals surface area contributed by atoms with Gasteiger partial charge in [-0.2, -0.15) is 0 Å². The Morgan fingerprint density at radius 1 is 0.765 bits per heavy atom. The second kappa shape index (κ2) is 5.02. The summed E-state index contributed by atoms with van der Waals surface area (Å²) in [6, 6.07) is 0. The molecule has 1 unspecified atom stereocenters. The first-order valence-electron chi connectivity index (χ1n) is 5.34. The van der Waals surface area contributed by atoms with E-state index in [1.54, 1.807) is 20.8 Å². The van der Waals surface area contributed by atoms with Gasteiger partial charge in [0.1, 0.15) is 0 Å². The molecule has 1 rings (SSSR count). The van der Waals surface area contributed by atoms with E-state index in [0.717, 1.165) is 0 Å². The third-order valence-corrected chi connectivity index (χ3v) is 2.86. The SMILES string of the molecule is CCC(c1c(F)c(F)c(F)c(F)c1F)C(C)C. The first-order valence-corrected chi connectivity index (χ1v) is 5.34. The fraction of sp³-hybridized carbons (Fsp3) is 0.500. The van der Waals surface area contributed by atoms with Gasteiger partial charge in [-0.1, -0.05) is 20.8 Å². The van der Waals surface area contributed by atoms with Gasteiger partial charge in [0, 0.05) is 5.56 Å². The Morgan fingerprint density at radius 2 is 1.12 bits per heavy atom. The molecule has 0 bridgehead atoms. The van der Waals surface area contributed by atoms with Crippen LogP contribution in [0.25, 0.3) is 0 Å². The summed E-state index contributed by atoms with van der Waals surface area (Å²) in [7, 11) is 0. The van der Waals surface area contributed by atoms with Gasteiger partial charge in [0.2, 0.25) is 5.82 Å². The molecule has 0 aliphatic rings. The molecule has 5 heteroatoms. The van der Waals surface area contributed by atoms with Gasteiger partial charge in [0.05, 0.1) is 0 Å². The van der Waals surface area contributed by atoms with Crippen molar-refractivity contribution in [2.75, 3.05) is 0 Å². The van der Waals surface area contributed by atoms with Crippen molar-refractivity contribution in [2.45, 2.75) is 33.1 Å². The van der Waals surface area contributed by atoms with E-state index in [-0.39, 0.29) is 5.92 Å². The topological polar surface area (TPSA) is 0 Å². The van der Waals surface area contributed by atoms with E-state index in [1.807, 2.05) is 0 Å². The molecule has 0 nitrogen and oxygen atoms in total. The highest BCUT2D eigenvalue weighted by molar-refractivity contribution is 5.27. The Labute approximate surface area is 96.4 Å². The molecule has 0 aromatic heterocycles. The van der Waals surface area contributed by atoms with E-state index >= 15 is 0 Å². The predicted octanol–water partition coefficient (Wildman–Crippen LogP) is 4.53. The fourth-order valence-electron chi connectivity index (χ4n) is 1.96. The van der Waals surface area contributed by atoms with E-state index in [2.05, 4.69) is 0 Å².